The molecule has 0 aliphatic heterocycles. The van der Waals surface area contributed by atoms with Gasteiger partial charge in [-0.1, -0.05) is 70.4 Å². The molecule has 0 bridgehead atoms. The quantitative estimate of drug-likeness (QED) is 0.239. The lowest BCUT2D eigenvalue weighted by Crippen LogP contribution is -2.21. The summed E-state index contributed by atoms with van der Waals surface area (Å²) in [5.74, 6) is -1.03. The van der Waals surface area contributed by atoms with Crippen molar-refractivity contribution in [2.75, 3.05) is 0 Å². The molecule has 0 N–H and O–H groups in total. The van der Waals surface area contributed by atoms with E-state index < -0.39 is 21.3 Å². The van der Waals surface area contributed by atoms with Crippen LogP contribution in [0.3, 0.4) is 0 Å². The Hall–Kier alpha value is -0.880. The van der Waals surface area contributed by atoms with Crippen molar-refractivity contribution in [1.29, 1.82) is 0 Å². The standard InChI is InChI=1S/C18H34O5S/c1-2-3-4-5-6-8-11-14-17(24(21,22)23)15-12-9-7-10-13-16-18(19)20/h11,14,17H,2-10,12-13,15-16H2,1H3,(H,19,20)(H,21,22,23)/p-2/b14-11+. The van der Waals surface area contributed by atoms with E-state index in [4.69, 9.17) is 0 Å². The zero-order valence-corrected chi connectivity index (χ0v) is 15.7. The predicted molar refractivity (Wildman–Crippen MR) is 93.3 cm³/mol. The second-order valence-electron chi connectivity index (χ2n) is 6.34. The van der Waals surface area contributed by atoms with Gasteiger partial charge >= 0.3 is 0 Å². The van der Waals surface area contributed by atoms with Crippen molar-refractivity contribution in [2.24, 2.45) is 0 Å². The summed E-state index contributed by atoms with van der Waals surface area (Å²) in [5, 5.41) is 9.33. The fourth-order valence-electron chi connectivity index (χ4n) is 2.60. The van der Waals surface area contributed by atoms with Crippen molar-refractivity contribution < 1.29 is 22.9 Å². The molecule has 0 saturated carbocycles. The van der Waals surface area contributed by atoms with Crippen LogP contribution in [0, 0.1) is 0 Å². The summed E-state index contributed by atoms with van der Waals surface area (Å²) in [7, 11) is -4.30. The molecule has 0 aromatic rings. The summed E-state index contributed by atoms with van der Waals surface area (Å²) in [4.78, 5) is 10.3. The Labute approximate surface area is 147 Å². The van der Waals surface area contributed by atoms with Crippen LogP contribution < -0.4 is 5.11 Å². The minimum Gasteiger partial charge on any atom is -0.747 e. The molecule has 0 aromatic heterocycles. The molecule has 0 saturated heterocycles. The Morgan fingerprint density at radius 1 is 0.958 bits per heavy atom. The van der Waals surface area contributed by atoms with Gasteiger partial charge in [-0.05, 0) is 32.1 Å². The smallest absolute Gasteiger partial charge is 0.101 e. The predicted octanol–water partition coefficient (Wildman–Crippen LogP) is 3.30. The van der Waals surface area contributed by atoms with Crippen LogP contribution in [0.5, 0.6) is 0 Å². The van der Waals surface area contributed by atoms with Crippen LogP contribution in [0.25, 0.3) is 0 Å². The van der Waals surface area contributed by atoms with E-state index in [0.29, 0.717) is 19.3 Å². The number of carbonyl (C=O) groups is 1. The molecule has 0 radical (unpaired) electrons. The fraction of sp³-hybridized carbons (Fsp3) is 0.833. The molecule has 6 heteroatoms. The van der Waals surface area contributed by atoms with Crippen LogP contribution in [-0.2, 0) is 14.9 Å². The SMILES string of the molecule is CCCCCCC/C=C/C(CCCCCCCC(=O)[O-])S(=O)(=O)[O-]. The Bertz CT molecular complexity index is 442. The van der Waals surface area contributed by atoms with Crippen molar-refractivity contribution in [3.05, 3.63) is 12.2 Å². The largest absolute Gasteiger partial charge is 0.747 e. The van der Waals surface area contributed by atoms with Crippen LogP contribution >= 0.6 is 0 Å². The van der Waals surface area contributed by atoms with Crippen molar-refractivity contribution in [2.45, 2.75) is 95.6 Å². The highest BCUT2D eigenvalue weighted by Crippen LogP contribution is 2.15. The lowest BCUT2D eigenvalue weighted by molar-refractivity contribution is -0.305. The van der Waals surface area contributed by atoms with Gasteiger partial charge in [-0.2, -0.15) is 0 Å². The summed E-state index contributed by atoms with van der Waals surface area (Å²) < 4.78 is 33.9. The van der Waals surface area contributed by atoms with Crippen molar-refractivity contribution in [1.82, 2.24) is 0 Å². The summed E-state index contributed by atoms with van der Waals surface area (Å²) in [5.41, 5.74) is 0. The van der Waals surface area contributed by atoms with Gasteiger partial charge in [-0.15, -0.1) is 0 Å². The summed E-state index contributed by atoms with van der Waals surface area (Å²) >= 11 is 0. The third-order valence-corrected chi connectivity index (χ3v) is 5.20. The normalized spacial score (nSPS) is 13.4. The second kappa shape index (κ2) is 14.5. The lowest BCUT2D eigenvalue weighted by Gasteiger charge is -2.17. The first-order chi connectivity index (χ1) is 11.4. The molecule has 1 atom stereocenters. The zero-order valence-electron chi connectivity index (χ0n) is 14.9. The molecule has 142 valence electrons. The van der Waals surface area contributed by atoms with E-state index >= 15 is 0 Å². The van der Waals surface area contributed by atoms with Gasteiger partial charge < -0.3 is 14.5 Å². The number of carboxylic acids is 1. The van der Waals surface area contributed by atoms with Gasteiger partial charge in [0.15, 0.2) is 0 Å². The lowest BCUT2D eigenvalue weighted by atomic mass is 10.1. The van der Waals surface area contributed by atoms with E-state index in [2.05, 4.69) is 6.92 Å². The number of aliphatic carboxylic acids is 1. The third-order valence-electron chi connectivity index (χ3n) is 4.07. The van der Waals surface area contributed by atoms with Gasteiger partial charge in [0.1, 0.15) is 10.1 Å². The van der Waals surface area contributed by atoms with E-state index in [-0.39, 0.29) is 6.42 Å². The number of unbranched alkanes of at least 4 members (excludes halogenated alkanes) is 9. The molecular formula is C18H32O5S-2. The van der Waals surface area contributed by atoms with Gasteiger partial charge in [0.05, 0.1) is 5.25 Å². The molecule has 5 nitrogen and oxygen atoms in total. The third kappa shape index (κ3) is 14.7. The zero-order chi connectivity index (χ0) is 18.3. The van der Waals surface area contributed by atoms with Crippen molar-refractivity contribution >= 4 is 16.1 Å². The molecular weight excluding hydrogens is 328 g/mol. The minimum atomic E-state index is -4.30. The molecule has 0 rings (SSSR count). The van der Waals surface area contributed by atoms with Crippen LogP contribution in [-0.4, -0.2) is 24.2 Å². The van der Waals surface area contributed by atoms with Crippen LogP contribution in [0.15, 0.2) is 12.2 Å². The van der Waals surface area contributed by atoms with Crippen LogP contribution in [0.1, 0.15) is 90.4 Å². The Balaban J connectivity index is 3.92. The van der Waals surface area contributed by atoms with E-state index in [0.717, 1.165) is 38.5 Å². The average Bonchev–Trinajstić information content (AvgIpc) is 2.49. The number of allylic oxidation sites excluding steroid dienone is 1. The van der Waals surface area contributed by atoms with Gasteiger partial charge in [0.2, 0.25) is 0 Å². The summed E-state index contributed by atoms with van der Waals surface area (Å²) in [6.45, 7) is 2.16. The summed E-state index contributed by atoms with van der Waals surface area (Å²) in [6, 6.07) is 0. The van der Waals surface area contributed by atoms with E-state index in [1.165, 1.54) is 19.3 Å². The van der Waals surface area contributed by atoms with Crippen molar-refractivity contribution in [3.63, 3.8) is 0 Å². The van der Waals surface area contributed by atoms with Crippen LogP contribution in [0.4, 0.5) is 0 Å². The van der Waals surface area contributed by atoms with Gasteiger partial charge in [-0.25, -0.2) is 8.42 Å². The number of rotatable bonds is 16. The maximum absolute atomic E-state index is 11.3. The Morgan fingerprint density at radius 3 is 2.17 bits per heavy atom. The second-order valence-corrected chi connectivity index (χ2v) is 7.93. The molecule has 0 spiro atoms. The van der Waals surface area contributed by atoms with E-state index in [1.807, 2.05) is 6.08 Å². The van der Waals surface area contributed by atoms with Crippen molar-refractivity contribution in [3.8, 4) is 0 Å². The highest BCUT2D eigenvalue weighted by atomic mass is 32.2. The summed E-state index contributed by atoms with van der Waals surface area (Å²) in [6.07, 6.45) is 14.1. The number of hydrogen-bond donors (Lipinski definition) is 0. The number of hydrogen-bond acceptors (Lipinski definition) is 5. The van der Waals surface area contributed by atoms with E-state index in [1.54, 1.807) is 6.08 Å². The number of carboxylic acid groups (broad SMARTS) is 1. The van der Waals surface area contributed by atoms with Crippen LogP contribution in [0.2, 0.25) is 0 Å². The molecule has 1 unspecified atom stereocenters. The average molecular weight is 361 g/mol. The monoisotopic (exact) mass is 360 g/mol. The highest BCUT2D eigenvalue weighted by molar-refractivity contribution is 7.86. The van der Waals surface area contributed by atoms with Gasteiger partial charge in [0, 0.05) is 5.97 Å². The maximum Gasteiger partial charge on any atom is 0.101 e. The Kier molecular flexibility index (Phi) is 13.9. The minimum absolute atomic E-state index is 0.0680. The Morgan fingerprint density at radius 2 is 1.54 bits per heavy atom. The molecule has 0 aromatic carbocycles. The molecule has 0 amide bonds. The first kappa shape index (κ1) is 23.1. The van der Waals surface area contributed by atoms with E-state index in [9.17, 15) is 22.9 Å². The molecule has 24 heavy (non-hydrogen) atoms. The van der Waals surface area contributed by atoms with Gasteiger partial charge in [-0.3, -0.25) is 0 Å². The molecule has 0 aliphatic carbocycles. The fourth-order valence-corrected chi connectivity index (χ4v) is 3.35. The topological polar surface area (TPSA) is 97.3 Å². The molecule has 0 heterocycles. The first-order valence-electron chi connectivity index (χ1n) is 9.19. The maximum atomic E-state index is 11.3. The highest BCUT2D eigenvalue weighted by Gasteiger charge is 2.11. The number of carbonyl (C=O) groups excluding carboxylic acids is 1. The molecule has 0 aliphatic rings. The van der Waals surface area contributed by atoms with Gasteiger partial charge in [0.25, 0.3) is 0 Å². The first-order valence-corrected chi connectivity index (χ1v) is 10.7. The molecule has 0 fully saturated rings.